The maximum absolute atomic E-state index is 12.5. The van der Waals surface area contributed by atoms with Crippen molar-refractivity contribution in [3.63, 3.8) is 0 Å². The molecule has 2 atom stereocenters. The second kappa shape index (κ2) is 7.97. The second-order valence-electron chi connectivity index (χ2n) is 6.64. The van der Waals surface area contributed by atoms with E-state index in [4.69, 9.17) is 0 Å². The Labute approximate surface area is 154 Å². The van der Waals surface area contributed by atoms with Crippen LogP contribution in [-0.4, -0.2) is 60.2 Å². The molecule has 1 aromatic rings. The van der Waals surface area contributed by atoms with E-state index in [9.17, 15) is 14.4 Å². The lowest BCUT2D eigenvalue weighted by Crippen LogP contribution is -2.45. The molecule has 0 aromatic heterocycles. The summed E-state index contributed by atoms with van der Waals surface area (Å²) in [6.07, 6.45) is 1.66. The molecule has 0 unspecified atom stereocenters. The Bertz CT molecular complexity index is 644. The van der Waals surface area contributed by atoms with Gasteiger partial charge in [-0.15, -0.1) is 12.4 Å². The Balaban J connectivity index is 0.00000225. The van der Waals surface area contributed by atoms with Crippen molar-refractivity contribution in [3.05, 3.63) is 35.4 Å². The van der Waals surface area contributed by atoms with Gasteiger partial charge in [0.15, 0.2) is 0 Å². The van der Waals surface area contributed by atoms with Gasteiger partial charge in [0.25, 0.3) is 11.8 Å². The number of benzene rings is 1. The van der Waals surface area contributed by atoms with Crippen LogP contribution in [0.15, 0.2) is 24.3 Å². The fourth-order valence-corrected chi connectivity index (χ4v) is 3.47. The third-order valence-electron chi connectivity index (χ3n) is 4.89. The zero-order valence-electron chi connectivity index (χ0n) is 14.5. The zero-order chi connectivity index (χ0) is 17.3. The van der Waals surface area contributed by atoms with Crippen molar-refractivity contribution in [1.29, 1.82) is 0 Å². The SMILES string of the molecule is C[C@H]1C[C@@H](C(=O)N(C)CCN2C(=O)c3ccccc3C2=O)CCN1.Cl. The molecule has 0 bridgehead atoms. The number of piperidine rings is 1. The van der Waals surface area contributed by atoms with Crippen molar-refractivity contribution in [2.75, 3.05) is 26.7 Å². The van der Waals surface area contributed by atoms with Crippen molar-refractivity contribution < 1.29 is 14.4 Å². The monoisotopic (exact) mass is 365 g/mol. The van der Waals surface area contributed by atoms with Gasteiger partial charge in [0.2, 0.25) is 5.91 Å². The molecular formula is C18H24ClN3O3. The number of hydrogen-bond donors (Lipinski definition) is 1. The summed E-state index contributed by atoms with van der Waals surface area (Å²) in [5, 5.41) is 3.34. The van der Waals surface area contributed by atoms with Crippen LogP contribution < -0.4 is 5.32 Å². The van der Waals surface area contributed by atoms with Gasteiger partial charge < -0.3 is 10.2 Å². The third-order valence-corrected chi connectivity index (χ3v) is 4.89. The van der Waals surface area contributed by atoms with Gasteiger partial charge in [0.1, 0.15) is 0 Å². The van der Waals surface area contributed by atoms with Gasteiger partial charge in [-0.25, -0.2) is 0 Å². The lowest BCUT2D eigenvalue weighted by Gasteiger charge is -2.30. The van der Waals surface area contributed by atoms with E-state index in [0.717, 1.165) is 19.4 Å². The molecule has 2 heterocycles. The highest BCUT2D eigenvalue weighted by Crippen LogP contribution is 2.22. The molecule has 3 amide bonds. The molecule has 1 aromatic carbocycles. The molecule has 136 valence electrons. The predicted molar refractivity (Wildman–Crippen MR) is 96.9 cm³/mol. The van der Waals surface area contributed by atoms with E-state index in [0.29, 0.717) is 23.7 Å². The van der Waals surface area contributed by atoms with E-state index in [1.54, 1.807) is 36.2 Å². The van der Waals surface area contributed by atoms with Gasteiger partial charge in [-0.05, 0) is 38.4 Å². The number of fused-ring (bicyclic) bond motifs is 1. The van der Waals surface area contributed by atoms with Crippen LogP contribution in [0.4, 0.5) is 0 Å². The standard InChI is InChI=1S/C18H23N3O3.ClH/c1-12-11-13(7-8-19-12)16(22)20(2)9-10-21-17(23)14-5-3-4-6-15(14)18(21)24;/h3-6,12-13,19H,7-11H2,1-2H3;1H/t12-,13-;/m0./s1. The second-order valence-corrected chi connectivity index (χ2v) is 6.64. The molecular weight excluding hydrogens is 342 g/mol. The van der Waals surface area contributed by atoms with Crippen LogP contribution in [0, 0.1) is 5.92 Å². The average Bonchev–Trinajstić information content (AvgIpc) is 2.83. The molecule has 0 aliphatic carbocycles. The molecule has 0 radical (unpaired) electrons. The molecule has 0 saturated carbocycles. The van der Waals surface area contributed by atoms with Crippen LogP contribution >= 0.6 is 12.4 Å². The summed E-state index contributed by atoms with van der Waals surface area (Å²) >= 11 is 0. The summed E-state index contributed by atoms with van der Waals surface area (Å²) < 4.78 is 0. The van der Waals surface area contributed by atoms with Gasteiger partial charge in [-0.1, -0.05) is 12.1 Å². The highest BCUT2D eigenvalue weighted by atomic mass is 35.5. The van der Waals surface area contributed by atoms with E-state index >= 15 is 0 Å². The maximum atomic E-state index is 12.5. The Hall–Kier alpha value is -1.92. The third kappa shape index (κ3) is 3.85. The van der Waals surface area contributed by atoms with E-state index in [1.165, 1.54) is 4.90 Å². The number of carbonyl (C=O) groups is 3. The van der Waals surface area contributed by atoms with Crippen LogP contribution in [0.5, 0.6) is 0 Å². The molecule has 1 saturated heterocycles. The number of amides is 3. The number of halogens is 1. The van der Waals surface area contributed by atoms with Gasteiger partial charge in [-0.3, -0.25) is 19.3 Å². The van der Waals surface area contributed by atoms with Crippen molar-refractivity contribution in [3.8, 4) is 0 Å². The number of nitrogens with zero attached hydrogens (tertiary/aromatic N) is 2. The Morgan fingerprint density at radius 2 is 1.84 bits per heavy atom. The van der Waals surface area contributed by atoms with E-state index < -0.39 is 0 Å². The summed E-state index contributed by atoms with van der Waals surface area (Å²) in [5.74, 6) is -0.424. The van der Waals surface area contributed by atoms with Gasteiger partial charge in [-0.2, -0.15) is 0 Å². The molecule has 0 spiro atoms. The minimum absolute atomic E-state index is 0. The smallest absolute Gasteiger partial charge is 0.261 e. The first kappa shape index (κ1) is 19.4. The lowest BCUT2D eigenvalue weighted by atomic mass is 9.92. The summed E-state index contributed by atoms with van der Waals surface area (Å²) in [6, 6.07) is 7.18. The first-order valence-electron chi connectivity index (χ1n) is 8.42. The van der Waals surface area contributed by atoms with Crippen LogP contribution in [0.2, 0.25) is 0 Å². The Kier molecular flexibility index (Phi) is 6.19. The maximum Gasteiger partial charge on any atom is 0.261 e. The topological polar surface area (TPSA) is 69.7 Å². The minimum atomic E-state index is -0.271. The van der Waals surface area contributed by atoms with Crippen LogP contribution in [0.25, 0.3) is 0 Å². The average molecular weight is 366 g/mol. The first-order chi connectivity index (χ1) is 11.5. The summed E-state index contributed by atoms with van der Waals surface area (Å²) in [4.78, 5) is 40.1. The number of imide groups is 1. The summed E-state index contributed by atoms with van der Waals surface area (Å²) in [7, 11) is 1.74. The quantitative estimate of drug-likeness (QED) is 0.822. The van der Waals surface area contributed by atoms with Gasteiger partial charge in [0, 0.05) is 32.1 Å². The van der Waals surface area contributed by atoms with Crippen LogP contribution in [0.3, 0.4) is 0 Å². The van der Waals surface area contributed by atoms with Crippen molar-refractivity contribution >= 4 is 30.1 Å². The van der Waals surface area contributed by atoms with E-state index in [2.05, 4.69) is 12.2 Å². The molecule has 1 N–H and O–H groups in total. The van der Waals surface area contributed by atoms with E-state index in [1.807, 2.05) is 0 Å². The van der Waals surface area contributed by atoms with Crippen LogP contribution in [0.1, 0.15) is 40.5 Å². The molecule has 7 heteroatoms. The Morgan fingerprint density at radius 1 is 1.24 bits per heavy atom. The number of carbonyl (C=O) groups excluding carboxylic acids is 3. The van der Waals surface area contributed by atoms with E-state index in [-0.39, 0.29) is 42.6 Å². The number of rotatable bonds is 4. The normalized spacial score (nSPS) is 22.4. The van der Waals surface area contributed by atoms with Gasteiger partial charge in [0.05, 0.1) is 11.1 Å². The lowest BCUT2D eigenvalue weighted by molar-refractivity contribution is -0.135. The van der Waals surface area contributed by atoms with Crippen molar-refractivity contribution in [2.45, 2.75) is 25.8 Å². The number of nitrogens with one attached hydrogen (secondary N) is 1. The molecule has 1 fully saturated rings. The highest BCUT2D eigenvalue weighted by molar-refractivity contribution is 6.21. The van der Waals surface area contributed by atoms with Crippen molar-refractivity contribution in [2.24, 2.45) is 5.92 Å². The molecule has 3 rings (SSSR count). The minimum Gasteiger partial charge on any atom is -0.344 e. The largest absolute Gasteiger partial charge is 0.344 e. The summed E-state index contributed by atoms with van der Waals surface area (Å²) in [5.41, 5.74) is 0.896. The molecule has 2 aliphatic heterocycles. The number of hydrogen-bond acceptors (Lipinski definition) is 4. The molecule has 6 nitrogen and oxygen atoms in total. The Morgan fingerprint density at radius 3 is 2.40 bits per heavy atom. The fourth-order valence-electron chi connectivity index (χ4n) is 3.47. The van der Waals surface area contributed by atoms with Gasteiger partial charge >= 0.3 is 0 Å². The molecule has 25 heavy (non-hydrogen) atoms. The highest BCUT2D eigenvalue weighted by Gasteiger charge is 2.35. The number of likely N-dealkylation sites (N-methyl/N-ethyl adjacent to an activating group) is 1. The zero-order valence-corrected chi connectivity index (χ0v) is 15.3. The van der Waals surface area contributed by atoms with Crippen molar-refractivity contribution in [1.82, 2.24) is 15.1 Å². The van der Waals surface area contributed by atoms with Crippen LogP contribution in [-0.2, 0) is 4.79 Å². The predicted octanol–water partition coefficient (Wildman–Crippen LogP) is 1.55. The molecule has 2 aliphatic rings. The fraction of sp³-hybridized carbons (Fsp3) is 0.500. The summed E-state index contributed by atoms with van der Waals surface area (Å²) in [6.45, 7) is 3.53. The first-order valence-corrected chi connectivity index (χ1v) is 8.42.